The molecule has 2 atom stereocenters. The summed E-state index contributed by atoms with van der Waals surface area (Å²) in [5.41, 5.74) is 4.72. The molecule has 0 radical (unpaired) electrons. The third kappa shape index (κ3) is 2.97. The van der Waals surface area contributed by atoms with Gasteiger partial charge in [0.2, 0.25) is 0 Å². The van der Waals surface area contributed by atoms with Crippen molar-refractivity contribution in [3.63, 3.8) is 0 Å². The summed E-state index contributed by atoms with van der Waals surface area (Å²) in [4.78, 5) is 22.8. The summed E-state index contributed by atoms with van der Waals surface area (Å²) in [6.07, 6.45) is 0.136. The lowest BCUT2D eigenvalue weighted by atomic mass is 9.98. The SMILES string of the molecule is O=C(NC[C@@H]1C[C@H]1C(=O)O)OCC1c2ccccc2-c2ccccc21. The number of rotatable bonds is 5. The van der Waals surface area contributed by atoms with E-state index in [4.69, 9.17) is 9.84 Å². The van der Waals surface area contributed by atoms with Crippen LogP contribution in [-0.2, 0) is 9.53 Å². The number of alkyl carbamates (subject to hydrolysis) is 1. The average molecular weight is 337 g/mol. The first-order valence-electron chi connectivity index (χ1n) is 8.47. The van der Waals surface area contributed by atoms with Crippen LogP contribution in [0.4, 0.5) is 4.79 Å². The molecule has 5 heteroatoms. The number of amides is 1. The standard InChI is InChI=1S/C20H19NO4/c22-19(23)17-9-12(17)10-21-20(24)25-11-18-15-7-3-1-5-13(15)14-6-2-4-8-16(14)18/h1-8,12,17-18H,9-11H2,(H,21,24)(H,22,23)/t12-,17+/m0/s1. The van der Waals surface area contributed by atoms with Crippen molar-refractivity contribution in [2.45, 2.75) is 12.3 Å². The topological polar surface area (TPSA) is 75.6 Å². The first-order valence-corrected chi connectivity index (χ1v) is 8.47. The Balaban J connectivity index is 1.38. The van der Waals surface area contributed by atoms with Crippen molar-refractivity contribution in [2.24, 2.45) is 11.8 Å². The van der Waals surface area contributed by atoms with Gasteiger partial charge in [0.1, 0.15) is 6.61 Å². The van der Waals surface area contributed by atoms with Crippen LogP contribution in [0.15, 0.2) is 48.5 Å². The molecule has 1 fully saturated rings. The second-order valence-electron chi connectivity index (χ2n) is 6.65. The molecule has 2 aliphatic rings. The number of hydrogen-bond acceptors (Lipinski definition) is 3. The molecule has 1 amide bonds. The molecule has 1 saturated carbocycles. The summed E-state index contributed by atoms with van der Waals surface area (Å²) in [5, 5.41) is 11.6. The van der Waals surface area contributed by atoms with Gasteiger partial charge in [0.15, 0.2) is 0 Å². The van der Waals surface area contributed by atoms with Crippen molar-refractivity contribution in [3.8, 4) is 11.1 Å². The summed E-state index contributed by atoms with van der Waals surface area (Å²) in [7, 11) is 0. The molecular weight excluding hydrogens is 318 g/mol. The normalized spacial score (nSPS) is 20.5. The summed E-state index contributed by atoms with van der Waals surface area (Å²) in [6.45, 7) is 0.626. The molecule has 0 unspecified atom stereocenters. The van der Waals surface area contributed by atoms with Crippen LogP contribution in [0.5, 0.6) is 0 Å². The zero-order valence-corrected chi connectivity index (χ0v) is 13.6. The molecule has 5 nitrogen and oxygen atoms in total. The van der Waals surface area contributed by atoms with Gasteiger partial charge in [0.25, 0.3) is 0 Å². The zero-order valence-electron chi connectivity index (χ0n) is 13.6. The molecule has 2 aliphatic carbocycles. The second kappa shape index (κ2) is 6.24. The largest absolute Gasteiger partial charge is 0.481 e. The molecule has 4 rings (SSSR count). The number of carbonyl (C=O) groups is 2. The molecule has 25 heavy (non-hydrogen) atoms. The smallest absolute Gasteiger partial charge is 0.407 e. The van der Waals surface area contributed by atoms with Crippen LogP contribution in [0.1, 0.15) is 23.5 Å². The van der Waals surface area contributed by atoms with Crippen molar-refractivity contribution in [1.29, 1.82) is 0 Å². The van der Waals surface area contributed by atoms with E-state index in [-0.39, 0.29) is 24.4 Å². The van der Waals surface area contributed by atoms with Crippen molar-refractivity contribution < 1.29 is 19.4 Å². The van der Waals surface area contributed by atoms with Crippen LogP contribution < -0.4 is 5.32 Å². The van der Waals surface area contributed by atoms with E-state index in [1.54, 1.807) is 0 Å². The van der Waals surface area contributed by atoms with E-state index in [9.17, 15) is 9.59 Å². The van der Waals surface area contributed by atoms with Gasteiger partial charge < -0.3 is 15.2 Å². The Morgan fingerprint density at radius 3 is 2.20 bits per heavy atom. The molecule has 0 aromatic heterocycles. The van der Waals surface area contributed by atoms with Crippen LogP contribution in [0.2, 0.25) is 0 Å². The summed E-state index contributed by atoms with van der Waals surface area (Å²) in [5.74, 6) is -1.06. The predicted molar refractivity (Wildman–Crippen MR) is 92.3 cm³/mol. The van der Waals surface area contributed by atoms with Crippen LogP contribution >= 0.6 is 0 Å². The number of ether oxygens (including phenoxy) is 1. The van der Waals surface area contributed by atoms with Gasteiger partial charge in [0, 0.05) is 12.5 Å². The van der Waals surface area contributed by atoms with E-state index in [1.165, 1.54) is 22.3 Å². The Morgan fingerprint density at radius 1 is 1.04 bits per heavy atom. The monoisotopic (exact) mass is 337 g/mol. The molecule has 2 N–H and O–H groups in total. The molecule has 0 bridgehead atoms. The lowest BCUT2D eigenvalue weighted by molar-refractivity contribution is -0.138. The molecular formula is C20H19NO4. The van der Waals surface area contributed by atoms with Gasteiger partial charge in [-0.2, -0.15) is 0 Å². The highest BCUT2D eigenvalue weighted by atomic mass is 16.5. The molecule has 0 spiro atoms. The molecule has 2 aromatic rings. The maximum Gasteiger partial charge on any atom is 0.407 e. The highest BCUT2D eigenvalue weighted by molar-refractivity contribution is 5.79. The first-order chi connectivity index (χ1) is 12.1. The van der Waals surface area contributed by atoms with Crippen molar-refractivity contribution in [2.75, 3.05) is 13.2 Å². The summed E-state index contributed by atoms with van der Waals surface area (Å²) < 4.78 is 5.42. The fourth-order valence-electron chi connectivity index (χ4n) is 3.64. The lowest BCUT2D eigenvalue weighted by Crippen LogP contribution is -2.28. The minimum absolute atomic E-state index is 0.0259. The van der Waals surface area contributed by atoms with E-state index in [2.05, 4.69) is 29.6 Å². The fourth-order valence-corrected chi connectivity index (χ4v) is 3.64. The highest BCUT2D eigenvalue weighted by Crippen LogP contribution is 2.44. The first kappa shape index (κ1) is 15.7. The molecule has 2 aromatic carbocycles. The van der Waals surface area contributed by atoms with Crippen LogP contribution in [-0.4, -0.2) is 30.3 Å². The Bertz CT molecular complexity index is 786. The van der Waals surface area contributed by atoms with Crippen molar-refractivity contribution in [3.05, 3.63) is 59.7 Å². The molecule has 0 saturated heterocycles. The Hall–Kier alpha value is -2.82. The Morgan fingerprint density at radius 2 is 1.64 bits per heavy atom. The van der Waals surface area contributed by atoms with Gasteiger partial charge in [-0.25, -0.2) is 4.79 Å². The van der Waals surface area contributed by atoms with E-state index in [0.29, 0.717) is 13.0 Å². The number of carboxylic acid groups (broad SMARTS) is 1. The highest BCUT2D eigenvalue weighted by Gasteiger charge is 2.43. The van der Waals surface area contributed by atoms with Crippen LogP contribution in [0.25, 0.3) is 11.1 Å². The third-order valence-electron chi connectivity index (χ3n) is 5.09. The summed E-state index contributed by atoms with van der Waals surface area (Å²) in [6, 6.07) is 16.3. The summed E-state index contributed by atoms with van der Waals surface area (Å²) >= 11 is 0. The zero-order chi connectivity index (χ0) is 17.4. The molecule has 0 aliphatic heterocycles. The van der Waals surface area contributed by atoms with E-state index in [1.807, 2.05) is 24.3 Å². The number of hydrogen-bond donors (Lipinski definition) is 2. The Labute approximate surface area is 145 Å². The quantitative estimate of drug-likeness (QED) is 0.878. The van der Waals surface area contributed by atoms with Gasteiger partial charge >= 0.3 is 12.1 Å². The van der Waals surface area contributed by atoms with Crippen molar-refractivity contribution >= 4 is 12.1 Å². The maximum absolute atomic E-state index is 12.0. The number of benzene rings is 2. The number of carboxylic acids is 1. The number of fused-ring (bicyclic) bond motifs is 3. The van der Waals surface area contributed by atoms with Gasteiger partial charge in [-0.1, -0.05) is 48.5 Å². The van der Waals surface area contributed by atoms with E-state index in [0.717, 1.165) is 0 Å². The van der Waals surface area contributed by atoms with E-state index >= 15 is 0 Å². The maximum atomic E-state index is 12.0. The number of nitrogens with one attached hydrogen (secondary N) is 1. The lowest BCUT2D eigenvalue weighted by Gasteiger charge is -2.14. The van der Waals surface area contributed by atoms with Crippen LogP contribution in [0, 0.1) is 11.8 Å². The third-order valence-corrected chi connectivity index (χ3v) is 5.09. The van der Waals surface area contributed by atoms with Gasteiger partial charge in [-0.05, 0) is 34.6 Å². The van der Waals surface area contributed by atoms with E-state index < -0.39 is 12.1 Å². The second-order valence-corrected chi connectivity index (χ2v) is 6.65. The minimum Gasteiger partial charge on any atom is -0.481 e. The fraction of sp³-hybridized carbons (Fsp3) is 0.300. The van der Waals surface area contributed by atoms with Gasteiger partial charge in [0.05, 0.1) is 5.92 Å². The molecule has 0 heterocycles. The van der Waals surface area contributed by atoms with Crippen LogP contribution in [0.3, 0.4) is 0 Å². The average Bonchev–Trinajstić information content (AvgIpc) is 3.34. The van der Waals surface area contributed by atoms with Gasteiger partial charge in [-0.15, -0.1) is 0 Å². The minimum atomic E-state index is -0.792. The number of carbonyl (C=O) groups excluding carboxylic acids is 1. The van der Waals surface area contributed by atoms with Crippen molar-refractivity contribution in [1.82, 2.24) is 5.32 Å². The molecule has 128 valence electrons. The Kier molecular flexibility index (Phi) is 3.92. The number of aliphatic carboxylic acids is 1. The predicted octanol–water partition coefficient (Wildman–Crippen LogP) is 3.25. The van der Waals surface area contributed by atoms with Gasteiger partial charge in [-0.3, -0.25) is 4.79 Å².